The zero-order valence-electron chi connectivity index (χ0n) is 16.5. The Bertz CT molecular complexity index is 772. The van der Waals surface area contributed by atoms with Crippen molar-refractivity contribution in [3.05, 3.63) is 60.7 Å². The van der Waals surface area contributed by atoms with Crippen LogP contribution in [-0.2, 0) is 14.3 Å². The van der Waals surface area contributed by atoms with Gasteiger partial charge < -0.3 is 15.8 Å². The second-order valence-electron chi connectivity index (χ2n) is 6.84. The van der Waals surface area contributed by atoms with Gasteiger partial charge in [0.2, 0.25) is 5.91 Å². The van der Waals surface area contributed by atoms with Gasteiger partial charge in [-0.05, 0) is 30.2 Å². The second-order valence-corrected chi connectivity index (χ2v) is 6.84. The summed E-state index contributed by atoms with van der Waals surface area (Å²) in [6.07, 6.45) is -1.15. The molecule has 29 heavy (non-hydrogen) atoms. The zero-order valence-corrected chi connectivity index (χ0v) is 16.5. The van der Waals surface area contributed by atoms with Crippen LogP contribution in [0.1, 0.15) is 20.3 Å². The van der Waals surface area contributed by atoms with Crippen molar-refractivity contribution in [2.45, 2.75) is 26.3 Å². The van der Waals surface area contributed by atoms with Crippen LogP contribution in [0.25, 0.3) is 0 Å². The van der Waals surface area contributed by atoms with E-state index in [1.807, 2.05) is 74.5 Å². The lowest BCUT2D eigenvalue weighted by Gasteiger charge is -2.27. The average molecular weight is 398 g/mol. The van der Waals surface area contributed by atoms with E-state index in [9.17, 15) is 14.4 Å². The van der Waals surface area contributed by atoms with Gasteiger partial charge in [-0.1, -0.05) is 50.2 Å². The lowest BCUT2D eigenvalue weighted by Crippen LogP contribution is -2.52. The number of alkyl carbamates (subject to hydrolysis) is 1. The van der Waals surface area contributed by atoms with E-state index in [2.05, 4.69) is 10.7 Å². The minimum Gasteiger partial charge on any atom is -0.449 e. The molecular weight excluding hydrogens is 372 g/mol. The Morgan fingerprint density at radius 2 is 1.48 bits per heavy atom. The molecule has 1 unspecified atom stereocenters. The van der Waals surface area contributed by atoms with Gasteiger partial charge in [-0.2, -0.15) is 0 Å². The Morgan fingerprint density at radius 3 is 1.93 bits per heavy atom. The van der Waals surface area contributed by atoms with Gasteiger partial charge in [0, 0.05) is 0 Å². The number of ether oxygens (including phenoxy) is 1. The molecular formula is C21H26N4O4. The van der Waals surface area contributed by atoms with Crippen LogP contribution in [0.5, 0.6) is 0 Å². The third-order valence-electron chi connectivity index (χ3n) is 3.81. The summed E-state index contributed by atoms with van der Waals surface area (Å²) < 4.78 is 5.04. The smallest absolute Gasteiger partial charge is 0.407 e. The molecule has 0 fully saturated rings. The molecule has 2 aromatic carbocycles. The van der Waals surface area contributed by atoms with Crippen LogP contribution < -0.4 is 21.5 Å². The van der Waals surface area contributed by atoms with Crippen molar-refractivity contribution in [2.75, 3.05) is 11.6 Å². The number of nitrogens with two attached hydrogens (primary N) is 1. The molecule has 0 aliphatic rings. The highest BCUT2D eigenvalue weighted by atomic mass is 16.5. The number of para-hydroxylation sites is 2. The van der Waals surface area contributed by atoms with E-state index in [4.69, 9.17) is 10.5 Å². The first-order valence-corrected chi connectivity index (χ1v) is 9.29. The number of benzene rings is 2. The summed E-state index contributed by atoms with van der Waals surface area (Å²) in [6, 6.07) is 17.2. The fourth-order valence-electron chi connectivity index (χ4n) is 2.46. The van der Waals surface area contributed by atoms with Crippen molar-refractivity contribution in [3.8, 4) is 0 Å². The third-order valence-corrected chi connectivity index (χ3v) is 3.81. The molecule has 1 atom stereocenters. The third kappa shape index (κ3) is 7.17. The second kappa shape index (κ2) is 10.7. The van der Waals surface area contributed by atoms with Gasteiger partial charge in [-0.15, -0.1) is 0 Å². The van der Waals surface area contributed by atoms with Crippen molar-refractivity contribution in [2.24, 2.45) is 11.7 Å². The summed E-state index contributed by atoms with van der Waals surface area (Å²) in [5.74, 6) is -1.19. The maximum Gasteiger partial charge on any atom is 0.407 e. The molecule has 2 aromatic rings. The number of carbonyl (C=O) groups is 3. The summed E-state index contributed by atoms with van der Waals surface area (Å²) in [4.78, 5) is 36.3. The van der Waals surface area contributed by atoms with E-state index in [0.29, 0.717) is 11.4 Å². The fraction of sp³-hybridized carbons (Fsp3) is 0.286. The van der Waals surface area contributed by atoms with Gasteiger partial charge in [0.05, 0.1) is 24.4 Å². The number of hydrazine groups is 1. The minimum atomic E-state index is -1.18. The maximum atomic E-state index is 12.9. The number of rotatable bonds is 9. The van der Waals surface area contributed by atoms with Crippen LogP contribution in [0.2, 0.25) is 0 Å². The Labute approximate surface area is 170 Å². The van der Waals surface area contributed by atoms with Crippen molar-refractivity contribution >= 4 is 29.3 Å². The Hall–Kier alpha value is -3.55. The predicted molar refractivity (Wildman–Crippen MR) is 110 cm³/mol. The molecule has 0 aromatic heterocycles. The molecule has 0 bridgehead atoms. The number of anilines is 2. The molecule has 2 rings (SSSR count). The summed E-state index contributed by atoms with van der Waals surface area (Å²) in [5, 5.41) is 3.98. The molecule has 0 spiro atoms. The van der Waals surface area contributed by atoms with Crippen molar-refractivity contribution < 1.29 is 19.1 Å². The molecule has 0 saturated heterocycles. The Kier molecular flexibility index (Phi) is 8.02. The van der Waals surface area contributed by atoms with Gasteiger partial charge in [0.25, 0.3) is 5.91 Å². The molecule has 0 radical (unpaired) electrons. The van der Waals surface area contributed by atoms with E-state index in [0.717, 1.165) is 0 Å². The van der Waals surface area contributed by atoms with E-state index in [1.165, 1.54) is 0 Å². The normalized spacial score (nSPS) is 11.4. The molecule has 8 nitrogen and oxygen atoms in total. The standard InChI is InChI=1S/C21H26N4O4/c1-15(2)14-29-21(28)23-18(13-19(22)26)20(27)24-25(16-9-5-3-6-10-16)17-11-7-4-8-12-17/h3-12,15,18H,13-14H2,1-2H3,(H2,22,26)(H,23,28)(H,24,27). The molecule has 0 heterocycles. The van der Waals surface area contributed by atoms with Crippen molar-refractivity contribution in [1.29, 1.82) is 0 Å². The quantitative estimate of drug-likeness (QED) is 0.562. The van der Waals surface area contributed by atoms with Gasteiger partial charge >= 0.3 is 6.09 Å². The van der Waals surface area contributed by atoms with Crippen molar-refractivity contribution in [3.63, 3.8) is 0 Å². The largest absolute Gasteiger partial charge is 0.449 e. The summed E-state index contributed by atoms with van der Waals surface area (Å²) in [5.41, 5.74) is 9.40. The highest BCUT2D eigenvalue weighted by Gasteiger charge is 2.26. The molecule has 0 aliphatic carbocycles. The number of nitrogens with one attached hydrogen (secondary N) is 2. The van der Waals surface area contributed by atoms with E-state index in [-0.39, 0.29) is 18.9 Å². The maximum absolute atomic E-state index is 12.9. The predicted octanol–water partition coefficient (Wildman–Crippen LogP) is 2.48. The Balaban J connectivity index is 2.19. The summed E-state index contributed by atoms with van der Waals surface area (Å²) in [6.45, 7) is 3.97. The van der Waals surface area contributed by atoms with Gasteiger partial charge in [-0.3, -0.25) is 20.0 Å². The van der Waals surface area contributed by atoms with Crippen molar-refractivity contribution in [1.82, 2.24) is 10.7 Å². The monoisotopic (exact) mass is 398 g/mol. The minimum absolute atomic E-state index is 0.135. The van der Waals surface area contributed by atoms with Gasteiger partial charge in [0.1, 0.15) is 6.04 Å². The highest BCUT2D eigenvalue weighted by molar-refractivity contribution is 5.92. The van der Waals surface area contributed by atoms with E-state index < -0.39 is 23.9 Å². The van der Waals surface area contributed by atoms with Crippen LogP contribution in [0.3, 0.4) is 0 Å². The fourth-order valence-corrected chi connectivity index (χ4v) is 2.46. The van der Waals surface area contributed by atoms with E-state index >= 15 is 0 Å². The number of hydrogen-bond donors (Lipinski definition) is 3. The van der Waals surface area contributed by atoms with Crippen LogP contribution in [0.4, 0.5) is 16.2 Å². The molecule has 4 N–H and O–H groups in total. The first-order chi connectivity index (χ1) is 13.9. The number of amides is 3. The lowest BCUT2D eigenvalue weighted by atomic mass is 10.2. The topological polar surface area (TPSA) is 114 Å². The van der Waals surface area contributed by atoms with Crippen LogP contribution in [0, 0.1) is 5.92 Å². The molecule has 3 amide bonds. The summed E-state index contributed by atoms with van der Waals surface area (Å²) in [7, 11) is 0. The summed E-state index contributed by atoms with van der Waals surface area (Å²) >= 11 is 0. The Morgan fingerprint density at radius 1 is 0.966 bits per heavy atom. The van der Waals surface area contributed by atoms with Crippen LogP contribution in [0.15, 0.2) is 60.7 Å². The number of nitrogens with zero attached hydrogens (tertiary/aromatic N) is 1. The first-order valence-electron chi connectivity index (χ1n) is 9.29. The van der Waals surface area contributed by atoms with Crippen LogP contribution >= 0.6 is 0 Å². The molecule has 8 heteroatoms. The molecule has 0 saturated carbocycles. The number of primary amides is 1. The number of carbonyl (C=O) groups excluding carboxylic acids is 3. The average Bonchev–Trinajstić information content (AvgIpc) is 2.70. The lowest BCUT2D eigenvalue weighted by molar-refractivity contribution is -0.127. The van der Waals surface area contributed by atoms with Crippen LogP contribution in [-0.4, -0.2) is 30.6 Å². The SMILES string of the molecule is CC(C)COC(=O)NC(CC(N)=O)C(=O)NN(c1ccccc1)c1ccccc1. The number of hydrogen-bond acceptors (Lipinski definition) is 5. The first kappa shape index (κ1) is 21.7. The highest BCUT2D eigenvalue weighted by Crippen LogP contribution is 2.22. The molecule has 0 aliphatic heterocycles. The van der Waals surface area contributed by atoms with E-state index in [1.54, 1.807) is 5.01 Å². The zero-order chi connectivity index (χ0) is 21.2. The van der Waals surface area contributed by atoms with Gasteiger partial charge in [-0.25, -0.2) is 4.79 Å². The molecule has 154 valence electrons. The van der Waals surface area contributed by atoms with Gasteiger partial charge in [0.15, 0.2) is 0 Å².